The Bertz CT molecular complexity index is 717. The third-order valence-electron chi connectivity index (χ3n) is 3.08. The van der Waals surface area contributed by atoms with Gasteiger partial charge < -0.3 is 14.8 Å². The smallest absolute Gasteiger partial charge is 0.191 e. The molecule has 0 bridgehead atoms. The van der Waals surface area contributed by atoms with E-state index in [0.29, 0.717) is 10.9 Å². The molecule has 0 aliphatic heterocycles. The van der Waals surface area contributed by atoms with Crippen molar-refractivity contribution in [2.75, 3.05) is 19.5 Å². The number of nitrogens with zero attached hydrogens (tertiary/aromatic N) is 1. The Morgan fingerprint density at radius 2 is 1.96 bits per heavy atom. The maximum absolute atomic E-state index is 5.29. The van der Waals surface area contributed by atoms with Crippen LogP contribution in [-0.2, 0) is 0 Å². The van der Waals surface area contributed by atoms with Crippen LogP contribution in [0.25, 0.3) is 0 Å². The number of aryl methyl sites for hydroxylation is 1. The van der Waals surface area contributed by atoms with Gasteiger partial charge in [0.2, 0.25) is 0 Å². The average Bonchev–Trinajstić information content (AvgIpc) is 2.54. The van der Waals surface area contributed by atoms with Gasteiger partial charge in [0.25, 0.3) is 0 Å². The molecule has 0 aliphatic carbocycles. The van der Waals surface area contributed by atoms with E-state index >= 15 is 0 Å². The first-order valence-electron chi connectivity index (χ1n) is 7.01. The Balaban J connectivity index is 1.99. The van der Waals surface area contributed by atoms with Crippen LogP contribution in [0.2, 0.25) is 0 Å². The van der Waals surface area contributed by atoms with Crippen LogP contribution >= 0.6 is 12.2 Å². The van der Waals surface area contributed by atoms with Crippen molar-refractivity contribution in [2.45, 2.75) is 6.92 Å². The number of hydrazone groups is 1. The van der Waals surface area contributed by atoms with Gasteiger partial charge in [-0.3, -0.25) is 5.43 Å². The van der Waals surface area contributed by atoms with Gasteiger partial charge in [-0.2, -0.15) is 5.10 Å². The van der Waals surface area contributed by atoms with Crippen LogP contribution in [0.4, 0.5) is 5.69 Å². The second kappa shape index (κ2) is 8.14. The standard InChI is InChI=1S/C17H19N3O2S/c1-12-5-4-6-14(9-12)19-17(23)20-18-11-13-10-15(21-2)7-8-16(13)22-3/h4-11H,1-3H3,(H2,19,20,23). The molecule has 0 saturated carbocycles. The van der Waals surface area contributed by atoms with Gasteiger partial charge in [0.1, 0.15) is 11.5 Å². The van der Waals surface area contributed by atoms with Gasteiger partial charge in [-0.1, -0.05) is 12.1 Å². The minimum absolute atomic E-state index is 0.411. The zero-order valence-electron chi connectivity index (χ0n) is 13.3. The van der Waals surface area contributed by atoms with Crippen LogP contribution in [0.5, 0.6) is 11.5 Å². The lowest BCUT2D eigenvalue weighted by molar-refractivity contribution is 0.402. The molecule has 0 heterocycles. The van der Waals surface area contributed by atoms with E-state index in [1.807, 2.05) is 49.4 Å². The Morgan fingerprint density at radius 1 is 1.13 bits per heavy atom. The molecule has 2 N–H and O–H groups in total. The quantitative estimate of drug-likeness (QED) is 0.501. The molecule has 2 aromatic rings. The van der Waals surface area contributed by atoms with Crippen molar-refractivity contribution in [3.63, 3.8) is 0 Å². The highest BCUT2D eigenvalue weighted by Crippen LogP contribution is 2.22. The summed E-state index contributed by atoms with van der Waals surface area (Å²) in [6.45, 7) is 2.02. The van der Waals surface area contributed by atoms with E-state index in [2.05, 4.69) is 15.8 Å². The molecule has 0 saturated heterocycles. The van der Waals surface area contributed by atoms with Crippen LogP contribution in [-0.4, -0.2) is 25.5 Å². The molecular weight excluding hydrogens is 310 g/mol. The fraction of sp³-hybridized carbons (Fsp3) is 0.176. The van der Waals surface area contributed by atoms with E-state index in [4.69, 9.17) is 21.7 Å². The molecule has 0 amide bonds. The van der Waals surface area contributed by atoms with E-state index in [-0.39, 0.29) is 0 Å². The monoisotopic (exact) mass is 329 g/mol. The summed E-state index contributed by atoms with van der Waals surface area (Å²) in [5.74, 6) is 1.43. The number of hydrogen-bond donors (Lipinski definition) is 2. The number of rotatable bonds is 5. The molecule has 6 heteroatoms. The minimum Gasteiger partial charge on any atom is -0.497 e. The summed E-state index contributed by atoms with van der Waals surface area (Å²) in [6, 6.07) is 13.4. The lowest BCUT2D eigenvalue weighted by Gasteiger charge is -2.08. The van der Waals surface area contributed by atoms with Gasteiger partial charge in [-0.05, 0) is 55.0 Å². The van der Waals surface area contributed by atoms with Crippen LogP contribution < -0.4 is 20.2 Å². The van der Waals surface area contributed by atoms with Crippen molar-refractivity contribution in [2.24, 2.45) is 5.10 Å². The molecule has 0 radical (unpaired) electrons. The molecule has 2 rings (SSSR count). The highest BCUT2D eigenvalue weighted by molar-refractivity contribution is 7.80. The van der Waals surface area contributed by atoms with Crippen molar-refractivity contribution in [1.82, 2.24) is 5.43 Å². The fourth-order valence-electron chi connectivity index (χ4n) is 1.98. The van der Waals surface area contributed by atoms with E-state index in [9.17, 15) is 0 Å². The lowest BCUT2D eigenvalue weighted by Crippen LogP contribution is -2.23. The maximum Gasteiger partial charge on any atom is 0.191 e. The summed E-state index contributed by atoms with van der Waals surface area (Å²) >= 11 is 5.21. The SMILES string of the molecule is COc1ccc(OC)c(C=NNC(=S)Nc2cccc(C)c2)c1. The number of methoxy groups -OCH3 is 2. The van der Waals surface area contributed by atoms with Crippen LogP contribution in [0.3, 0.4) is 0 Å². The third-order valence-corrected chi connectivity index (χ3v) is 3.28. The molecule has 0 aromatic heterocycles. The Kier molecular flexibility index (Phi) is 5.94. The summed E-state index contributed by atoms with van der Waals surface area (Å²) in [4.78, 5) is 0. The van der Waals surface area contributed by atoms with Crippen molar-refractivity contribution in [3.8, 4) is 11.5 Å². The summed E-state index contributed by atoms with van der Waals surface area (Å²) in [5, 5.41) is 7.61. The molecule has 2 aromatic carbocycles. The number of anilines is 1. The van der Waals surface area contributed by atoms with Gasteiger partial charge in [0, 0.05) is 11.3 Å². The molecule has 0 spiro atoms. The Hall–Kier alpha value is -2.60. The first-order chi connectivity index (χ1) is 11.1. The predicted octanol–water partition coefficient (Wildman–Crippen LogP) is 3.33. The van der Waals surface area contributed by atoms with Gasteiger partial charge in [0.15, 0.2) is 5.11 Å². The summed E-state index contributed by atoms with van der Waals surface area (Å²) < 4.78 is 10.5. The van der Waals surface area contributed by atoms with Crippen molar-refractivity contribution in [3.05, 3.63) is 53.6 Å². The maximum atomic E-state index is 5.29. The highest BCUT2D eigenvalue weighted by Gasteiger charge is 2.02. The van der Waals surface area contributed by atoms with Crippen LogP contribution in [0.15, 0.2) is 47.6 Å². The Morgan fingerprint density at radius 3 is 2.65 bits per heavy atom. The van der Waals surface area contributed by atoms with Crippen LogP contribution in [0.1, 0.15) is 11.1 Å². The molecular formula is C17H19N3O2S. The lowest BCUT2D eigenvalue weighted by atomic mass is 10.2. The summed E-state index contributed by atoms with van der Waals surface area (Å²) in [5.41, 5.74) is 5.64. The number of benzene rings is 2. The molecule has 120 valence electrons. The zero-order chi connectivity index (χ0) is 16.7. The van der Waals surface area contributed by atoms with Crippen molar-refractivity contribution >= 4 is 29.2 Å². The second-order valence-corrected chi connectivity index (χ2v) is 5.21. The Labute approximate surface area is 141 Å². The van der Waals surface area contributed by atoms with Crippen LogP contribution in [0, 0.1) is 6.92 Å². The molecule has 0 fully saturated rings. The topological polar surface area (TPSA) is 54.9 Å². The van der Waals surface area contributed by atoms with Gasteiger partial charge in [0.05, 0.1) is 20.4 Å². The fourth-order valence-corrected chi connectivity index (χ4v) is 2.15. The summed E-state index contributed by atoms with van der Waals surface area (Å²) in [6.07, 6.45) is 1.63. The van der Waals surface area contributed by atoms with Crippen molar-refractivity contribution < 1.29 is 9.47 Å². The van der Waals surface area contributed by atoms with Crippen molar-refractivity contribution in [1.29, 1.82) is 0 Å². The molecule has 0 atom stereocenters. The van der Waals surface area contributed by atoms with E-state index in [1.54, 1.807) is 20.4 Å². The first-order valence-corrected chi connectivity index (χ1v) is 7.42. The van der Waals surface area contributed by atoms with E-state index in [0.717, 1.165) is 22.6 Å². The number of hydrogen-bond acceptors (Lipinski definition) is 4. The number of thiocarbonyl (C=S) groups is 1. The second-order valence-electron chi connectivity index (χ2n) is 4.80. The normalized spacial score (nSPS) is 10.4. The number of nitrogens with one attached hydrogen (secondary N) is 2. The largest absolute Gasteiger partial charge is 0.497 e. The molecule has 0 aliphatic rings. The summed E-state index contributed by atoms with van der Waals surface area (Å²) in [7, 11) is 3.22. The van der Waals surface area contributed by atoms with Gasteiger partial charge in [-0.25, -0.2) is 0 Å². The highest BCUT2D eigenvalue weighted by atomic mass is 32.1. The predicted molar refractivity (Wildman–Crippen MR) is 97.7 cm³/mol. The number of ether oxygens (including phenoxy) is 2. The first kappa shape index (κ1) is 16.8. The van der Waals surface area contributed by atoms with E-state index < -0.39 is 0 Å². The molecule has 23 heavy (non-hydrogen) atoms. The van der Waals surface area contributed by atoms with Gasteiger partial charge >= 0.3 is 0 Å². The molecule has 5 nitrogen and oxygen atoms in total. The zero-order valence-corrected chi connectivity index (χ0v) is 14.1. The minimum atomic E-state index is 0.411. The van der Waals surface area contributed by atoms with E-state index in [1.165, 1.54) is 0 Å². The van der Waals surface area contributed by atoms with Gasteiger partial charge in [-0.15, -0.1) is 0 Å². The third kappa shape index (κ3) is 4.96. The molecule has 0 unspecified atom stereocenters. The average molecular weight is 329 g/mol.